The van der Waals surface area contributed by atoms with E-state index in [0.29, 0.717) is 5.88 Å². The number of hydrogen-bond donors (Lipinski definition) is 1. The summed E-state index contributed by atoms with van der Waals surface area (Å²) in [6, 6.07) is 2.01. The summed E-state index contributed by atoms with van der Waals surface area (Å²) in [5.74, 6) is 0.596. The average Bonchev–Trinajstić information content (AvgIpc) is 2.18. The summed E-state index contributed by atoms with van der Waals surface area (Å²) < 4.78 is 5.00. The van der Waals surface area contributed by atoms with E-state index in [2.05, 4.69) is 16.9 Å². The van der Waals surface area contributed by atoms with E-state index in [4.69, 9.17) is 10.5 Å². The van der Waals surface area contributed by atoms with E-state index in [9.17, 15) is 0 Å². The fourth-order valence-electron chi connectivity index (χ4n) is 1.34. The Morgan fingerprint density at radius 1 is 1.50 bits per heavy atom. The van der Waals surface area contributed by atoms with Gasteiger partial charge in [-0.3, -0.25) is 0 Å². The van der Waals surface area contributed by atoms with Gasteiger partial charge in [-0.25, -0.2) is 9.97 Å². The van der Waals surface area contributed by atoms with Gasteiger partial charge in [0.1, 0.15) is 6.33 Å². The van der Waals surface area contributed by atoms with E-state index < -0.39 is 0 Å². The number of nitrogens with zero attached hydrogens (tertiary/aromatic N) is 2. The van der Waals surface area contributed by atoms with Crippen molar-refractivity contribution in [3.05, 3.63) is 18.1 Å². The highest BCUT2D eigenvalue weighted by atomic mass is 16.5. The highest BCUT2D eigenvalue weighted by Crippen LogP contribution is 2.08. The van der Waals surface area contributed by atoms with Gasteiger partial charge < -0.3 is 10.5 Å². The predicted octanol–water partition coefficient (Wildman–Crippen LogP) is 1.16. The molecule has 1 aromatic heterocycles. The first-order valence-corrected chi connectivity index (χ1v) is 4.86. The smallest absolute Gasteiger partial charge is 0.216 e. The number of aromatic nitrogens is 2. The van der Waals surface area contributed by atoms with Crippen LogP contribution in [0.15, 0.2) is 12.4 Å². The Balaban J connectivity index is 2.57. The van der Waals surface area contributed by atoms with Crippen LogP contribution >= 0.6 is 0 Å². The molecule has 0 fully saturated rings. The standard InChI is InChI=1S/C10H17N3O/c1-3-4-8(11)5-9-6-10(14-2)13-7-12-9/h6-8H,3-5,11H2,1-2H3. The number of rotatable bonds is 5. The van der Waals surface area contributed by atoms with Crippen molar-refractivity contribution in [1.29, 1.82) is 0 Å². The van der Waals surface area contributed by atoms with Crippen molar-refractivity contribution in [2.45, 2.75) is 32.2 Å². The highest BCUT2D eigenvalue weighted by Gasteiger charge is 2.05. The van der Waals surface area contributed by atoms with Crippen molar-refractivity contribution in [1.82, 2.24) is 9.97 Å². The van der Waals surface area contributed by atoms with Gasteiger partial charge in [0.15, 0.2) is 0 Å². The Hall–Kier alpha value is -1.16. The Morgan fingerprint density at radius 2 is 2.29 bits per heavy atom. The van der Waals surface area contributed by atoms with E-state index in [0.717, 1.165) is 25.0 Å². The summed E-state index contributed by atoms with van der Waals surface area (Å²) in [6.45, 7) is 2.13. The Morgan fingerprint density at radius 3 is 2.93 bits per heavy atom. The van der Waals surface area contributed by atoms with Gasteiger partial charge in [0.05, 0.1) is 7.11 Å². The van der Waals surface area contributed by atoms with Crippen LogP contribution in [0.1, 0.15) is 25.5 Å². The normalized spacial score (nSPS) is 12.5. The third-order valence-corrected chi connectivity index (χ3v) is 2.04. The molecule has 78 valence electrons. The molecule has 1 aromatic rings. The van der Waals surface area contributed by atoms with Crippen molar-refractivity contribution in [2.24, 2.45) is 5.73 Å². The van der Waals surface area contributed by atoms with Crippen molar-refractivity contribution in [3.63, 3.8) is 0 Å². The maximum atomic E-state index is 5.91. The van der Waals surface area contributed by atoms with E-state index in [-0.39, 0.29) is 6.04 Å². The zero-order valence-electron chi connectivity index (χ0n) is 8.73. The first-order chi connectivity index (χ1) is 6.76. The van der Waals surface area contributed by atoms with E-state index in [1.54, 1.807) is 7.11 Å². The second-order valence-electron chi connectivity index (χ2n) is 3.30. The summed E-state index contributed by atoms with van der Waals surface area (Å²) in [6.07, 6.45) is 4.41. The molecule has 4 nitrogen and oxygen atoms in total. The Kier molecular flexibility index (Phi) is 4.32. The molecule has 0 bridgehead atoms. The minimum absolute atomic E-state index is 0.180. The molecule has 1 atom stereocenters. The SMILES string of the molecule is CCCC(N)Cc1cc(OC)ncn1. The van der Waals surface area contributed by atoms with Gasteiger partial charge in [0.2, 0.25) is 5.88 Å². The summed E-state index contributed by atoms with van der Waals surface area (Å²) >= 11 is 0. The molecular formula is C10H17N3O. The maximum Gasteiger partial charge on any atom is 0.216 e. The largest absolute Gasteiger partial charge is 0.481 e. The first-order valence-electron chi connectivity index (χ1n) is 4.86. The average molecular weight is 195 g/mol. The number of methoxy groups -OCH3 is 1. The summed E-state index contributed by atoms with van der Waals surface area (Å²) in [5.41, 5.74) is 6.85. The molecule has 1 rings (SSSR count). The zero-order chi connectivity index (χ0) is 10.4. The number of hydrogen-bond acceptors (Lipinski definition) is 4. The van der Waals surface area contributed by atoms with E-state index in [1.165, 1.54) is 6.33 Å². The van der Waals surface area contributed by atoms with Crippen molar-refractivity contribution >= 4 is 0 Å². The number of ether oxygens (including phenoxy) is 1. The van der Waals surface area contributed by atoms with Crippen molar-refractivity contribution in [3.8, 4) is 5.88 Å². The van der Waals surface area contributed by atoms with E-state index >= 15 is 0 Å². The fraction of sp³-hybridized carbons (Fsp3) is 0.600. The van der Waals surface area contributed by atoms with Gasteiger partial charge in [0.25, 0.3) is 0 Å². The summed E-state index contributed by atoms with van der Waals surface area (Å²) in [7, 11) is 1.60. The molecule has 0 saturated carbocycles. The quantitative estimate of drug-likeness (QED) is 0.765. The minimum atomic E-state index is 0.180. The van der Waals surface area contributed by atoms with Crippen LogP contribution in [0.25, 0.3) is 0 Å². The van der Waals surface area contributed by atoms with Crippen LogP contribution in [-0.4, -0.2) is 23.1 Å². The molecule has 0 aliphatic carbocycles. The maximum absolute atomic E-state index is 5.91. The first kappa shape index (κ1) is 10.9. The third kappa shape index (κ3) is 3.30. The molecule has 1 unspecified atom stereocenters. The molecule has 0 aromatic carbocycles. The lowest BCUT2D eigenvalue weighted by atomic mass is 10.1. The van der Waals surface area contributed by atoms with Crippen molar-refractivity contribution < 1.29 is 4.74 Å². The molecule has 0 amide bonds. The molecule has 2 N–H and O–H groups in total. The molecule has 0 aliphatic heterocycles. The lowest BCUT2D eigenvalue weighted by molar-refractivity contribution is 0.395. The monoisotopic (exact) mass is 195 g/mol. The van der Waals surface area contributed by atoms with Gasteiger partial charge in [-0.15, -0.1) is 0 Å². The highest BCUT2D eigenvalue weighted by molar-refractivity contribution is 5.14. The molecule has 0 spiro atoms. The Labute approximate surface area is 84.5 Å². The lowest BCUT2D eigenvalue weighted by Crippen LogP contribution is -2.22. The predicted molar refractivity (Wildman–Crippen MR) is 55.2 cm³/mol. The van der Waals surface area contributed by atoms with Crippen molar-refractivity contribution in [2.75, 3.05) is 7.11 Å². The van der Waals surface area contributed by atoms with Crippen LogP contribution in [0, 0.1) is 0 Å². The second-order valence-corrected chi connectivity index (χ2v) is 3.30. The fourth-order valence-corrected chi connectivity index (χ4v) is 1.34. The molecule has 4 heteroatoms. The molecule has 14 heavy (non-hydrogen) atoms. The zero-order valence-corrected chi connectivity index (χ0v) is 8.73. The van der Waals surface area contributed by atoms with Gasteiger partial charge >= 0.3 is 0 Å². The van der Waals surface area contributed by atoms with Gasteiger partial charge in [-0.1, -0.05) is 13.3 Å². The third-order valence-electron chi connectivity index (χ3n) is 2.04. The summed E-state index contributed by atoms with van der Waals surface area (Å²) in [5, 5.41) is 0. The van der Waals surface area contributed by atoms with Crippen LogP contribution in [0.5, 0.6) is 5.88 Å². The van der Waals surface area contributed by atoms with Crippen LogP contribution in [0.3, 0.4) is 0 Å². The molecular weight excluding hydrogens is 178 g/mol. The van der Waals surface area contributed by atoms with E-state index in [1.807, 2.05) is 6.07 Å². The molecule has 0 radical (unpaired) electrons. The van der Waals surface area contributed by atoms with Crippen LogP contribution in [0.2, 0.25) is 0 Å². The molecule has 0 aliphatic rings. The summed E-state index contributed by atoms with van der Waals surface area (Å²) in [4.78, 5) is 8.08. The van der Waals surface area contributed by atoms with Crippen LogP contribution < -0.4 is 10.5 Å². The lowest BCUT2D eigenvalue weighted by Gasteiger charge is -2.09. The van der Waals surface area contributed by atoms with Gasteiger partial charge in [-0.05, 0) is 6.42 Å². The topological polar surface area (TPSA) is 61.0 Å². The molecule has 0 saturated heterocycles. The van der Waals surface area contributed by atoms with Gasteiger partial charge in [0, 0.05) is 24.2 Å². The van der Waals surface area contributed by atoms with Gasteiger partial charge in [-0.2, -0.15) is 0 Å². The Bertz CT molecular complexity index is 278. The minimum Gasteiger partial charge on any atom is -0.481 e. The van der Waals surface area contributed by atoms with Crippen LogP contribution in [-0.2, 0) is 6.42 Å². The second kappa shape index (κ2) is 5.54. The number of nitrogens with two attached hydrogens (primary N) is 1. The van der Waals surface area contributed by atoms with Crippen LogP contribution in [0.4, 0.5) is 0 Å². The molecule has 1 heterocycles.